The number of piperidine rings is 1. The van der Waals surface area contributed by atoms with E-state index >= 15 is 0 Å². The predicted octanol–water partition coefficient (Wildman–Crippen LogP) is 4.42. The third-order valence-electron chi connectivity index (χ3n) is 4.69. The van der Waals surface area contributed by atoms with Gasteiger partial charge in [0, 0.05) is 24.0 Å². The molecule has 1 aromatic carbocycles. The van der Waals surface area contributed by atoms with Crippen LogP contribution in [0.25, 0.3) is 0 Å². The summed E-state index contributed by atoms with van der Waals surface area (Å²) in [6.45, 7) is 9.27. The zero-order chi connectivity index (χ0) is 20.1. The van der Waals surface area contributed by atoms with Crippen LogP contribution in [0.5, 0.6) is 11.5 Å². The normalized spacial score (nSPS) is 17.5. The molecule has 3 rings (SSSR count). The Balaban J connectivity index is 1.62. The van der Waals surface area contributed by atoms with E-state index in [0.29, 0.717) is 22.2 Å². The summed E-state index contributed by atoms with van der Waals surface area (Å²) in [7, 11) is 1.57. The highest BCUT2D eigenvalue weighted by Crippen LogP contribution is 2.29. The molecule has 7 heteroatoms. The van der Waals surface area contributed by atoms with Gasteiger partial charge in [0.2, 0.25) is 0 Å². The SMILES string of the molecule is COc1cc(C(=O)Nc2nc(CN3CCC[C@H](C)C3)cs2)ccc1OC(C)C. The lowest BCUT2D eigenvalue weighted by atomic mass is 10.0. The van der Waals surface area contributed by atoms with Gasteiger partial charge in [0.25, 0.3) is 5.91 Å². The molecule has 1 atom stereocenters. The van der Waals surface area contributed by atoms with Gasteiger partial charge in [-0.1, -0.05) is 6.92 Å². The Hall–Kier alpha value is -2.12. The van der Waals surface area contributed by atoms with E-state index in [-0.39, 0.29) is 12.0 Å². The fourth-order valence-electron chi connectivity index (χ4n) is 3.43. The van der Waals surface area contributed by atoms with Gasteiger partial charge in [-0.05, 0) is 57.4 Å². The molecular formula is C21H29N3O3S. The molecule has 2 aromatic rings. The summed E-state index contributed by atoms with van der Waals surface area (Å²) in [5, 5.41) is 5.53. The van der Waals surface area contributed by atoms with E-state index in [0.717, 1.165) is 31.2 Å². The minimum absolute atomic E-state index is 0.0326. The van der Waals surface area contributed by atoms with Gasteiger partial charge in [0.1, 0.15) is 0 Å². The van der Waals surface area contributed by atoms with Crippen molar-refractivity contribution in [1.29, 1.82) is 0 Å². The van der Waals surface area contributed by atoms with E-state index < -0.39 is 0 Å². The van der Waals surface area contributed by atoms with Crippen LogP contribution in [0.15, 0.2) is 23.6 Å². The minimum atomic E-state index is -0.207. The maximum absolute atomic E-state index is 12.6. The van der Waals surface area contributed by atoms with Crippen molar-refractivity contribution in [2.24, 2.45) is 5.92 Å². The second kappa shape index (κ2) is 9.39. The van der Waals surface area contributed by atoms with Gasteiger partial charge in [0.05, 0.1) is 18.9 Å². The molecule has 1 aromatic heterocycles. The number of carbonyl (C=O) groups excluding carboxylic acids is 1. The second-order valence-electron chi connectivity index (χ2n) is 7.61. The third-order valence-corrected chi connectivity index (χ3v) is 5.49. The zero-order valence-corrected chi connectivity index (χ0v) is 17.8. The molecule has 28 heavy (non-hydrogen) atoms. The Labute approximate surface area is 170 Å². The Bertz CT molecular complexity index is 806. The number of thiazole rings is 1. The summed E-state index contributed by atoms with van der Waals surface area (Å²) in [6, 6.07) is 5.19. The zero-order valence-electron chi connectivity index (χ0n) is 17.0. The lowest BCUT2D eigenvalue weighted by Gasteiger charge is -2.30. The Morgan fingerprint density at radius 1 is 1.39 bits per heavy atom. The molecule has 1 aliphatic heterocycles. The molecule has 1 saturated heterocycles. The summed E-state index contributed by atoms with van der Waals surface area (Å²) < 4.78 is 11.1. The second-order valence-corrected chi connectivity index (χ2v) is 8.47. The molecule has 0 saturated carbocycles. The first-order valence-corrected chi connectivity index (χ1v) is 10.7. The molecule has 0 spiro atoms. The van der Waals surface area contributed by atoms with Crippen molar-refractivity contribution in [3.63, 3.8) is 0 Å². The van der Waals surface area contributed by atoms with Crippen molar-refractivity contribution in [2.75, 3.05) is 25.5 Å². The van der Waals surface area contributed by atoms with Crippen molar-refractivity contribution in [1.82, 2.24) is 9.88 Å². The van der Waals surface area contributed by atoms with E-state index in [9.17, 15) is 4.79 Å². The van der Waals surface area contributed by atoms with Gasteiger partial charge < -0.3 is 9.47 Å². The first-order chi connectivity index (χ1) is 13.4. The number of amides is 1. The van der Waals surface area contributed by atoms with Gasteiger partial charge in [-0.2, -0.15) is 0 Å². The Kier molecular flexibility index (Phi) is 6.91. The van der Waals surface area contributed by atoms with Gasteiger partial charge in [0.15, 0.2) is 16.6 Å². The molecule has 1 aliphatic rings. The van der Waals surface area contributed by atoms with Crippen molar-refractivity contribution < 1.29 is 14.3 Å². The summed E-state index contributed by atoms with van der Waals surface area (Å²) in [5.74, 6) is 1.70. The molecule has 6 nitrogen and oxygen atoms in total. The Morgan fingerprint density at radius 3 is 2.93 bits per heavy atom. The number of benzene rings is 1. The maximum Gasteiger partial charge on any atom is 0.257 e. The number of nitrogens with one attached hydrogen (secondary N) is 1. The number of carbonyl (C=O) groups is 1. The highest BCUT2D eigenvalue weighted by atomic mass is 32.1. The summed E-state index contributed by atoms with van der Waals surface area (Å²) in [6.07, 6.45) is 2.58. The van der Waals surface area contributed by atoms with E-state index in [4.69, 9.17) is 9.47 Å². The number of methoxy groups -OCH3 is 1. The molecule has 0 unspecified atom stereocenters. The smallest absolute Gasteiger partial charge is 0.257 e. The number of hydrogen-bond acceptors (Lipinski definition) is 6. The van der Waals surface area contributed by atoms with Gasteiger partial charge >= 0.3 is 0 Å². The lowest BCUT2D eigenvalue weighted by molar-refractivity contribution is 0.102. The van der Waals surface area contributed by atoms with Gasteiger partial charge in [-0.3, -0.25) is 15.0 Å². The number of likely N-dealkylation sites (tertiary alicyclic amines) is 1. The number of rotatable bonds is 7. The first kappa shape index (κ1) is 20.6. The molecule has 0 radical (unpaired) electrons. The molecule has 1 N–H and O–H groups in total. The number of aromatic nitrogens is 1. The Morgan fingerprint density at radius 2 is 2.21 bits per heavy atom. The van der Waals surface area contributed by atoms with Crippen LogP contribution in [0.2, 0.25) is 0 Å². The quantitative estimate of drug-likeness (QED) is 0.741. The lowest BCUT2D eigenvalue weighted by Crippen LogP contribution is -2.33. The number of ether oxygens (including phenoxy) is 2. The van der Waals surface area contributed by atoms with E-state index in [1.165, 1.54) is 24.2 Å². The van der Waals surface area contributed by atoms with Crippen LogP contribution >= 0.6 is 11.3 Å². The van der Waals surface area contributed by atoms with E-state index in [2.05, 4.69) is 22.1 Å². The fourth-order valence-corrected chi connectivity index (χ4v) is 4.12. The standard InChI is InChI=1S/C21H29N3O3S/c1-14(2)27-18-8-7-16(10-19(18)26-4)20(25)23-21-22-17(13-28-21)12-24-9-5-6-15(3)11-24/h7-8,10,13-15H,5-6,9,11-12H2,1-4H3,(H,22,23,25)/t15-/m0/s1. The minimum Gasteiger partial charge on any atom is -0.493 e. The van der Waals surface area contributed by atoms with Gasteiger partial charge in [-0.25, -0.2) is 4.98 Å². The van der Waals surface area contributed by atoms with Crippen LogP contribution in [0, 0.1) is 5.92 Å². The maximum atomic E-state index is 12.6. The van der Waals surface area contributed by atoms with E-state index in [1.54, 1.807) is 25.3 Å². The van der Waals surface area contributed by atoms with Gasteiger partial charge in [-0.15, -0.1) is 11.3 Å². The summed E-state index contributed by atoms with van der Waals surface area (Å²) >= 11 is 1.46. The van der Waals surface area contributed by atoms with Crippen LogP contribution in [-0.2, 0) is 6.54 Å². The molecule has 2 heterocycles. The predicted molar refractivity (Wildman–Crippen MR) is 113 cm³/mol. The summed E-state index contributed by atoms with van der Waals surface area (Å²) in [4.78, 5) is 19.6. The highest BCUT2D eigenvalue weighted by molar-refractivity contribution is 7.13. The third kappa shape index (κ3) is 5.45. The van der Waals surface area contributed by atoms with Crippen LogP contribution in [0.1, 0.15) is 49.7 Å². The molecule has 1 fully saturated rings. The average Bonchev–Trinajstić information content (AvgIpc) is 3.08. The number of nitrogens with zero attached hydrogens (tertiary/aromatic N) is 2. The van der Waals surface area contributed by atoms with Crippen LogP contribution < -0.4 is 14.8 Å². The molecular weight excluding hydrogens is 374 g/mol. The topological polar surface area (TPSA) is 63.7 Å². The largest absolute Gasteiger partial charge is 0.493 e. The highest BCUT2D eigenvalue weighted by Gasteiger charge is 2.18. The molecule has 1 amide bonds. The van der Waals surface area contributed by atoms with Crippen molar-refractivity contribution in [3.8, 4) is 11.5 Å². The van der Waals surface area contributed by atoms with Crippen molar-refractivity contribution in [2.45, 2.75) is 46.3 Å². The van der Waals surface area contributed by atoms with E-state index in [1.807, 2.05) is 19.2 Å². The van der Waals surface area contributed by atoms with Crippen LogP contribution in [0.3, 0.4) is 0 Å². The summed E-state index contributed by atoms with van der Waals surface area (Å²) in [5.41, 5.74) is 1.52. The van der Waals surface area contributed by atoms with Crippen molar-refractivity contribution >= 4 is 22.4 Å². The molecule has 0 bridgehead atoms. The van der Waals surface area contributed by atoms with Crippen LogP contribution in [0.4, 0.5) is 5.13 Å². The fraction of sp³-hybridized carbons (Fsp3) is 0.524. The number of anilines is 1. The molecule has 0 aliphatic carbocycles. The molecule has 152 valence electrons. The van der Waals surface area contributed by atoms with Crippen LogP contribution in [-0.4, -0.2) is 42.1 Å². The average molecular weight is 404 g/mol. The van der Waals surface area contributed by atoms with Crippen molar-refractivity contribution in [3.05, 3.63) is 34.8 Å². The monoisotopic (exact) mass is 403 g/mol. The first-order valence-electron chi connectivity index (χ1n) is 9.77. The number of hydrogen-bond donors (Lipinski definition) is 1.